The topological polar surface area (TPSA) is 53.1 Å². The third kappa shape index (κ3) is 2.41. The Morgan fingerprint density at radius 3 is 2.65 bits per heavy atom. The van der Waals surface area contributed by atoms with Crippen LogP contribution in [0.4, 0.5) is 5.69 Å². The van der Waals surface area contributed by atoms with E-state index in [0.717, 1.165) is 24.3 Å². The summed E-state index contributed by atoms with van der Waals surface area (Å²) in [5.74, 6) is 1.38. The quantitative estimate of drug-likeness (QED) is 0.880. The van der Waals surface area contributed by atoms with Crippen LogP contribution >= 0.6 is 0 Å². The molecular weight excluding hydrogens is 214 g/mol. The Hall–Kier alpha value is -1.97. The predicted octanol–water partition coefficient (Wildman–Crippen LogP) is 2.75. The molecule has 0 saturated carbocycles. The summed E-state index contributed by atoms with van der Waals surface area (Å²) in [6.07, 6.45) is 1.89. The minimum absolute atomic E-state index is 0.611. The molecule has 2 aromatic rings. The van der Waals surface area contributed by atoms with Crippen LogP contribution in [0.3, 0.4) is 0 Å². The van der Waals surface area contributed by atoms with Gasteiger partial charge in [-0.3, -0.25) is 0 Å². The summed E-state index contributed by atoms with van der Waals surface area (Å²) in [5.41, 5.74) is 7.57. The molecule has 0 saturated heterocycles. The number of nitrogens with two attached hydrogens (primary N) is 1. The highest BCUT2D eigenvalue weighted by molar-refractivity contribution is 5.54. The fourth-order valence-corrected chi connectivity index (χ4v) is 1.72. The number of nitrogen functional groups attached to an aromatic ring is 1. The monoisotopic (exact) mass is 231 g/mol. The molecule has 0 spiro atoms. The van der Waals surface area contributed by atoms with E-state index < -0.39 is 0 Å². The van der Waals surface area contributed by atoms with Gasteiger partial charge in [-0.2, -0.15) is 5.10 Å². The molecule has 4 nitrogen and oxygen atoms in total. The van der Waals surface area contributed by atoms with Crippen LogP contribution in [0.2, 0.25) is 0 Å². The highest BCUT2D eigenvalue weighted by Crippen LogP contribution is 2.29. The Morgan fingerprint density at radius 1 is 1.29 bits per heavy atom. The number of rotatable bonds is 4. The van der Waals surface area contributed by atoms with E-state index in [1.165, 1.54) is 0 Å². The fourth-order valence-electron chi connectivity index (χ4n) is 1.72. The summed E-state index contributed by atoms with van der Waals surface area (Å²) in [5, 5.41) is 4.36. The predicted molar refractivity (Wildman–Crippen MR) is 68.1 cm³/mol. The van der Waals surface area contributed by atoms with Crippen LogP contribution < -0.4 is 10.5 Å². The van der Waals surface area contributed by atoms with Crippen LogP contribution in [0, 0.1) is 0 Å². The molecule has 1 aromatic heterocycles. The number of nitrogens with zero attached hydrogens (tertiary/aromatic N) is 2. The molecule has 2 N–H and O–H groups in total. The van der Waals surface area contributed by atoms with E-state index in [4.69, 9.17) is 10.5 Å². The molecule has 0 aliphatic heterocycles. The van der Waals surface area contributed by atoms with Gasteiger partial charge in [0.25, 0.3) is 0 Å². The second-order valence-corrected chi connectivity index (χ2v) is 3.95. The van der Waals surface area contributed by atoms with Crippen molar-refractivity contribution in [1.82, 2.24) is 9.78 Å². The van der Waals surface area contributed by atoms with Crippen LogP contribution in [0.1, 0.15) is 19.0 Å². The maximum Gasteiger partial charge on any atom is 0.241 e. The van der Waals surface area contributed by atoms with Crippen LogP contribution in [-0.2, 0) is 13.5 Å². The summed E-state index contributed by atoms with van der Waals surface area (Å²) in [4.78, 5) is 0. The van der Waals surface area contributed by atoms with E-state index in [0.29, 0.717) is 11.6 Å². The average molecular weight is 231 g/mol. The second-order valence-electron chi connectivity index (χ2n) is 3.95. The summed E-state index contributed by atoms with van der Waals surface area (Å²) < 4.78 is 7.43. The lowest BCUT2D eigenvalue weighted by atomic mass is 10.2. The van der Waals surface area contributed by atoms with Crippen molar-refractivity contribution >= 4 is 5.69 Å². The van der Waals surface area contributed by atoms with Gasteiger partial charge in [0.1, 0.15) is 11.4 Å². The number of aromatic nitrogens is 2. The zero-order chi connectivity index (χ0) is 12.3. The Balaban J connectivity index is 2.27. The first-order chi connectivity index (χ1) is 8.22. The summed E-state index contributed by atoms with van der Waals surface area (Å²) in [7, 11) is 1.84. The number of hydrogen-bond donors (Lipinski definition) is 1. The Kier molecular flexibility index (Phi) is 3.32. The molecule has 0 fully saturated rings. The van der Waals surface area contributed by atoms with Crippen LogP contribution in [0.15, 0.2) is 30.3 Å². The van der Waals surface area contributed by atoms with Crippen molar-refractivity contribution in [2.45, 2.75) is 19.8 Å². The third-order valence-corrected chi connectivity index (χ3v) is 2.55. The van der Waals surface area contributed by atoms with Gasteiger partial charge in [0.2, 0.25) is 5.88 Å². The number of aryl methyl sites for hydroxylation is 2. The van der Waals surface area contributed by atoms with E-state index in [2.05, 4.69) is 12.0 Å². The third-order valence-electron chi connectivity index (χ3n) is 2.55. The first-order valence-electron chi connectivity index (χ1n) is 5.76. The number of para-hydroxylation sites is 1. The Morgan fingerprint density at radius 2 is 2.00 bits per heavy atom. The van der Waals surface area contributed by atoms with Gasteiger partial charge < -0.3 is 10.5 Å². The SMILES string of the molecule is CCCc1nn(C)c(Oc2ccccc2)c1N. The van der Waals surface area contributed by atoms with Crippen molar-refractivity contribution < 1.29 is 4.74 Å². The van der Waals surface area contributed by atoms with E-state index in [-0.39, 0.29) is 0 Å². The van der Waals surface area contributed by atoms with Crippen molar-refractivity contribution in [3.05, 3.63) is 36.0 Å². The summed E-state index contributed by atoms with van der Waals surface area (Å²) in [6, 6.07) is 9.59. The molecule has 0 radical (unpaired) electrons. The number of ether oxygens (including phenoxy) is 1. The average Bonchev–Trinajstić information content (AvgIpc) is 2.59. The lowest BCUT2D eigenvalue weighted by Crippen LogP contribution is -1.96. The van der Waals surface area contributed by atoms with E-state index >= 15 is 0 Å². The van der Waals surface area contributed by atoms with Gasteiger partial charge in [-0.05, 0) is 18.6 Å². The van der Waals surface area contributed by atoms with Crippen LogP contribution in [0.25, 0.3) is 0 Å². The minimum atomic E-state index is 0.611. The molecule has 90 valence electrons. The van der Waals surface area contributed by atoms with Crippen molar-refractivity contribution in [3.8, 4) is 11.6 Å². The normalized spacial score (nSPS) is 10.5. The Bertz CT molecular complexity index is 491. The smallest absolute Gasteiger partial charge is 0.241 e. The molecule has 0 aliphatic carbocycles. The lowest BCUT2D eigenvalue weighted by molar-refractivity contribution is 0.432. The van der Waals surface area contributed by atoms with Crippen molar-refractivity contribution in [3.63, 3.8) is 0 Å². The lowest BCUT2D eigenvalue weighted by Gasteiger charge is -2.05. The van der Waals surface area contributed by atoms with E-state index in [1.807, 2.05) is 37.4 Å². The zero-order valence-corrected chi connectivity index (χ0v) is 10.2. The molecule has 4 heteroatoms. The molecule has 0 atom stereocenters. The first kappa shape index (κ1) is 11.5. The van der Waals surface area contributed by atoms with Gasteiger partial charge in [0, 0.05) is 7.05 Å². The Labute approximate surface area is 101 Å². The number of anilines is 1. The highest BCUT2D eigenvalue weighted by atomic mass is 16.5. The maximum atomic E-state index is 6.03. The number of benzene rings is 1. The van der Waals surface area contributed by atoms with Gasteiger partial charge in [0.05, 0.1) is 5.69 Å². The summed E-state index contributed by atoms with van der Waals surface area (Å²) in [6.45, 7) is 2.10. The fraction of sp³-hybridized carbons (Fsp3) is 0.308. The van der Waals surface area contributed by atoms with Crippen LogP contribution in [-0.4, -0.2) is 9.78 Å². The molecule has 0 amide bonds. The van der Waals surface area contributed by atoms with Crippen molar-refractivity contribution in [1.29, 1.82) is 0 Å². The molecule has 0 bridgehead atoms. The molecule has 17 heavy (non-hydrogen) atoms. The molecule has 2 rings (SSSR count). The van der Waals surface area contributed by atoms with Crippen LogP contribution in [0.5, 0.6) is 11.6 Å². The molecule has 0 unspecified atom stereocenters. The van der Waals surface area contributed by atoms with Gasteiger partial charge >= 0.3 is 0 Å². The molecular formula is C13H17N3O. The number of hydrogen-bond acceptors (Lipinski definition) is 3. The van der Waals surface area contributed by atoms with Gasteiger partial charge in [-0.15, -0.1) is 0 Å². The van der Waals surface area contributed by atoms with Gasteiger partial charge in [-0.25, -0.2) is 4.68 Å². The van der Waals surface area contributed by atoms with Crippen molar-refractivity contribution in [2.75, 3.05) is 5.73 Å². The first-order valence-corrected chi connectivity index (χ1v) is 5.76. The van der Waals surface area contributed by atoms with Gasteiger partial charge in [0.15, 0.2) is 0 Å². The summed E-state index contributed by atoms with van der Waals surface area (Å²) >= 11 is 0. The van der Waals surface area contributed by atoms with E-state index in [9.17, 15) is 0 Å². The molecule has 1 heterocycles. The molecule has 1 aromatic carbocycles. The molecule has 0 aliphatic rings. The standard InChI is InChI=1S/C13H17N3O/c1-3-7-11-12(14)13(16(2)15-11)17-10-8-5-4-6-9-10/h4-6,8-9H,3,7,14H2,1-2H3. The van der Waals surface area contributed by atoms with Gasteiger partial charge in [-0.1, -0.05) is 31.5 Å². The maximum absolute atomic E-state index is 6.03. The van der Waals surface area contributed by atoms with E-state index in [1.54, 1.807) is 4.68 Å². The zero-order valence-electron chi connectivity index (χ0n) is 10.2. The second kappa shape index (κ2) is 4.91. The van der Waals surface area contributed by atoms with Crippen molar-refractivity contribution in [2.24, 2.45) is 7.05 Å². The largest absolute Gasteiger partial charge is 0.437 e. The highest BCUT2D eigenvalue weighted by Gasteiger charge is 2.14. The minimum Gasteiger partial charge on any atom is -0.437 e.